The fourth-order valence-corrected chi connectivity index (χ4v) is 3.36. The van der Waals surface area contributed by atoms with Gasteiger partial charge in [0, 0.05) is 0 Å². The van der Waals surface area contributed by atoms with Gasteiger partial charge in [-0.3, -0.25) is 0 Å². The molecule has 4 rings (SSSR count). The Kier molecular flexibility index (Phi) is 5.10. The van der Waals surface area contributed by atoms with Gasteiger partial charge in [0.05, 0.1) is 19.8 Å². The van der Waals surface area contributed by atoms with Crippen LogP contribution in [0.3, 0.4) is 0 Å². The second-order valence-electron chi connectivity index (χ2n) is 6.29. The van der Waals surface area contributed by atoms with E-state index in [0.717, 1.165) is 11.1 Å². The van der Waals surface area contributed by atoms with Gasteiger partial charge in [0.15, 0.2) is 6.29 Å². The monoisotopic (exact) mass is 342 g/mol. The van der Waals surface area contributed by atoms with Crippen LogP contribution in [0.4, 0.5) is 0 Å². The molecule has 2 fully saturated rings. The van der Waals surface area contributed by atoms with Crippen molar-refractivity contribution < 1.29 is 24.1 Å². The highest BCUT2D eigenvalue weighted by Crippen LogP contribution is 2.38. The first-order valence-corrected chi connectivity index (χ1v) is 8.60. The highest BCUT2D eigenvalue weighted by atomic mass is 16.7. The van der Waals surface area contributed by atoms with E-state index >= 15 is 0 Å². The molecule has 2 aliphatic rings. The number of hydrogen-bond acceptors (Lipinski definition) is 5. The van der Waals surface area contributed by atoms with Crippen LogP contribution in [-0.2, 0) is 25.6 Å². The molecule has 0 spiro atoms. The molecule has 0 radical (unpaired) electrons. The van der Waals surface area contributed by atoms with Crippen molar-refractivity contribution in [1.82, 2.24) is 0 Å². The number of aliphatic hydroxyl groups excluding tert-OH is 1. The molecule has 0 bridgehead atoms. The average molecular weight is 342 g/mol. The first-order valence-electron chi connectivity index (χ1n) is 8.60. The zero-order valence-corrected chi connectivity index (χ0v) is 13.9. The van der Waals surface area contributed by atoms with E-state index in [1.807, 2.05) is 60.7 Å². The van der Waals surface area contributed by atoms with Crippen LogP contribution in [0.2, 0.25) is 0 Å². The quantitative estimate of drug-likeness (QED) is 0.904. The highest BCUT2D eigenvalue weighted by molar-refractivity contribution is 5.21. The van der Waals surface area contributed by atoms with E-state index in [4.69, 9.17) is 18.9 Å². The summed E-state index contributed by atoms with van der Waals surface area (Å²) < 4.78 is 23.4. The van der Waals surface area contributed by atoms with Gasteiger partial charge in [0.25, 0.3) is 0 Å². The number of ether oxygens (including phenoxy) is 4. The number of rotatable bonds is 5. The van der Waals surface area contributed by atoms with Crippen molar-refractivity contribution in [2.75, 3.05) is 13.2 Å². The summed E-state index contributed by atoms with van der Waals surface area (Å²) in [6.07, 6.45) is -2.74. The molecule has 0 unspecified atom stereocenters. The first-order chi connectivity index (χ1) is 12.3. The van der Waals surface area contributed by atoms with Crippen LogP contribution in [0.1, 0.15) is 17.2 Å². The molecule has 0 aromatic heterocycles. The van der Waals surface area contributed by atoms with Crippen molar-refractivity contribution >= 4 is 0 Å². The van der Waals surface area contributed by atoms with Crippen LogP contribution < -0.4 is 0 Å². The van der Waals surface area contributed by atoms with Gasteiger partial charge in [-0.25, -0.2) is 0 Å². The molecule has 0 amide bonds. The summed E-state index contributed by atoms with van der Waals surface area (Å²) in [7, 11) is 0. The van der Waals surface area contributed by atoms with Gasteiger partial charge < -0.3 is 24.1 Å². The smallest absolute Gasteiger partial charge is 0.186 e. The molecule has 0 aliphatic carbocycles. The number of aliphatic hydroxyl groups is 1. The van der Waals surface area contributed by atoms with Gasteiger partial charge in [-0.05, 0) is 11.1 Å². The fourth-order valence-electron chi connectivity index (χ4n) is 3.36. The van der Waals surface area contributed by atoms with E-state index in [2.05, 4.69) is 0 Å². The first kappa shape index (κ1) is 16.7. The Morgan fingerprint density at radius 3 is 2.24 bits per heavy atom. The Balaban J connectivity index is 1.52. The Morgan fingerprint density at radius 2 is 1.56 bits per heavy atom. The lowest BCUT2D eigenvalue weighted by molar-refractivity contribution is -0.168. The number of benzene rings is 2. The lowest BCUT2D eigenvalue weighted by atomic mass is 10.0. The molecule has 132 valence electrons. The van der Waals surface area contributed by atoms with Crippen molar-refractivity contribution in [1.29, 1.82) is 0 Å². The van der Waals surface area contributed by atoms with Crippen LogP contribution in [-0.4, -0.2) is 42.9 Å². The van der Waals surface area contributed by atoms with E-state index in [-0.39, 0.29) is 0 Å². The Hall–Kier alpha value is -1.76. The predicted molar refractivity (Wildman–Crippen MR) is 90.8 cm³/mol. The van der Waals surface area contributed by atoms with Crippen LogP contribution >= 0.6 is 0 Å². The predicted octanol–water partition coefficient (Wildman–Crippen LogP) is 2.45. The van der Waals surface area contributed by atoms with Crippen molar-refractivity contribution in [3.8, 4) is 0 Å². The van der Waals surface area contributed by atoms with Gasteiger partial charge in [-0.2, -0.15) is 0 Å². The van der Waals surface area contributed by atoms with Gasteiger partial charge in [0.1, 0.15) is 24.4 Å². The summed E-state index contributed by atoms with van der Waals surface area (Å²) in [6.45, 7) is 1.46. The molecule has 1 N–H and O–H groups in total. The van der Waals surface area contributed by atoms with Gasteiger partial charge >= 0.3 is 0 Å². The van der Waals surface area contributed by atoms with Crippen LogP contribution in [0.5, 0.6) is 0 Å². The summed E-state index contributed by atoms with van der Waals surface area (Å²) in [5, 5.41) is 10.8. The molecule has 0 saturated carbocycles. The maximum atomic E-state index is 10.8. The van der Waals surface area contributed by atoms with Gasteiger partial charge in [-0.1, -0.05) is 60.7 Å². The minimum Gasteiger partial charge on any atom is -0.387 e. The maximum absolute atomic E-state index is 10.8. The van der Waals surface area contributed by atoms with E-state index in [9.17, 15) is 5.11 Å². The second kappa shape index (κ2) is 7.64. The average Bonchev–Trinajstić information content (AvgIpc) is 3.30. The van der Waals surface area contributed by atoms with Crippen molar-refractivity contribution in [3.05, 3.63) is 71.8 Å². The van der Waals surface area contributed by atoms with Crippen LogP contribution in [0.15, 0.2) is 60.7 Å². The Morgan fingerprint density at radius 1 is 0.920 bits per heavy atom. The van der Waals surface area contributed by atoms with Gasteiger partial charge in [0.2, 0.25) is 0 Å². The standard InChI is InChI=1S/C20H22O5/c21-16-17(15-9-5-2-6-10-15)25-19(20-22-11-12-23-20)18(16)24-13-14-7-3-1-4-8-14/h1-10,16-21H,11-13H2/t16-,17-,18+,19-/m1/s1. The molecule has 2 aliphatic heterocycles. The van der Waals surface area contributed by atoms with Crippen molar-refractivity contribution in [2.45, 2.75) is 37.3 Å². The third-order valence-electron chi connectivity index (χ3n) is 4.60. The fraction of sp³-hybridized carbons (Fsp3) is 0.400. The molecule has 5 nitrogen and oxygen atoms in total. The molecule has 2 aromatic carbocycles. The minimum atomic E-state index is -0.788. The topological polar surface area (TPSA) is 57.2 Å². The minimum absolute atomic E-state index is 0.399. The van der Waals surface area contributed by atoms with Crippen LogP contribution in [0, 0.1) is 0 Å². The summed E-state index contributed by atoms with van der Waals surface area (Å²) in [4.78, 5) is 0. The summed E-state index contributed by atoms with van der Waals surface area (Å²) in [6, 6.07) is 19.6. The Bertz CT molecular complexity index is 656. The molecule has 4 atom stereocenters. The lowest BCUT2D eigenvalue weighted by Gasteiger charge is -2.24. The third-order valence-corrected chi connectivity index (χ3v) is 4.60. The molecular weight excluding hydrogens is 320 g/mol. The summed E-state index contributed by atoms with van der Waals surface area (Å²) >= 11 is 0. The third kappa shape index (κ3) is 3.61. The molecule has 2 saturated heterocycles. The van der Waals surface area contributed by atoms with E-state index in [1.54, 1.807) is 0 Å². The van der Waals surface area contributed by atoms with E-state index < -0.39 is 30.7 Å². The van der Waals surface area contributed by atoms with E-state index in [0.29, 0.717) is 19.8 Å². The van der Waals surface area contributed by atoms with E-state index in [1.165, 1.54) is 0 Å². The van der Waals surface area contributed by atoms with Gasteiger partial charge in [-0.15, -0.1) is 0 Å². The summed E-state index contributed by atoms with van der Waals surface area (Å²) in [5.41, 5.74) is 1.97. The zero-order chi connectivity index (χ0) is 17.1. The van der Waals surface area contributed by atoms with Crippen LogP contribution in [0.25, 0.3) is 0 Å². The maximum Gasteiger partial charge on any atom is 0.186 e. The SMILES string of the molecule is O[C@H]1[C@H](OCc2ccccc2)[C@H](C2OCCO2)O[C@@H]1c1ccccc1. The second-order valence-corrected chi connectivity index (χ2v) is 6.29. The Labute approximate surface area is 147 Å². The summed E-state index contributed by atoms with van der Waals surface area (Å²) in [5.74, 6) is 0. The molecule has 2 heterocycles. The number of hydrogen-bond donors (Lipinski definition) is 1. The zero-order valence-electron chi connectivity index (χ0n) is 13.9. The molecule has 5 heteroatoms. The lowest BCUT2D eigenvalue weighted by Crippen LogP contribution is -2.41. The largest absolute Gasteiger partial charge is 0.387 e. The van der Waals surface area contributed by atoms with Crippen molar-refractivity contribution in [2.24, 2.45) is 0 Å². The normalized spacial score (nSPS) is 30.0. The van der Waals surface area contributed by atoms with Crippen molar-refractivity contribution in [3.63, 3.8) is 0 Å². The highest BCUT2D eigenvalue weighted by Gasteiger charge is 2.50. The molecular formula is C20H22O5. The molecule has 25 heavy (non-hydrogen) atoms. The molecule has 2 aromatic rings.